The minimum Gasteiger partial charge on any atom is -0.386 e. The highest BCUT2D eigenvalue weighted by molar-refractivity contribution is 6.92. The lowest BCUT2D eigenvalue weighted by molar-refractivity contribution is 0.0398. The van der Waals surface area contributed by atoms with Crippen molar-refractivity contribution in [3.63, 3.8) is 0 Å². The van der Waals surface area contributed by atoms with Crippen LogP contribution in [0.3, 0.4) is 0 Å². The summed E-state index contributed by atoms with van der Waals surface area (Å²) in [6, 6.07) is 16.8. The summed E-state index contributed by atoms with van der Waals surface area (Å²) < 4.78 is 4.74. The van der Waals surface area contributed by atoms with Crippen molar-refractivity contribution in [2.24, 2.45) is 0 Å². The van der Waals surface area contributed by atoms with E-state index in [4.69, 9.17) is 4.74 Å². The Bertz CT molecular complexity index is 474. The third kappa shape index (κ3) is 3.51. The highest BCUT2D eigenvalue weighted by Gasteiger charge is 2.13. The molecule has 0 aliphatic heterocycles. The molecule has 92 valence electrons. The standard InChI is InChI=1S/C14H10O3.H3P/c15-13(11-7-3-1-4-8-11)17-14(16)12-9-5-2-6-10-12;/h1-10H;1H3. The Kier molecular flexibility index (Phi) is 5.22. The van der Waals surface area contributed by atoms with Crippen LogP contribution in [0.2, 0.25) is 0 Å². The molecule has 2 rings (SSSR count). The van der Waals surface area contributed by atoms with E-state index in [0.29, 0.717) is 11.1 Å². The number of esters is 2. The van der Waals surface area contributed by atoms with Gasteiger partial charge in [0.05, 0.1) is 11.1 Å². The second kappa shape index (κ2) is 6.67. The summed E-state index contributed by atoms with van der Waals surface area (Å²) in [6.07, 6.45) is 0. The molecule has 1 unspecified atom stereocenters. The van der Waals surface area contributed by atoms with Gasteiger partial charge in [0.1, 0.15) is 0 Å². The highest BCUT2D eigenvalue weighted by atomic mass is 31.0. The Morgan fingerprint density at radius 2 is 1.00 bits per heavy atom. The van der Waals surface area contributed by atoms with Gasteiger partial charge in [0.15, 0.2) is 0 Å². The number of rotatable bonds is 2. The van der Waals surface area contributed by atoms with Crippen molar-refractivity contribution in [2.75, 3.05) is 0 Å². The maximum Gasteiger partial charge on any atom is 0.346 e. The molecule has 0 saturated carbocycles. The quantitative estimate of drug-likeness (QED) is 0.473. The van der Waals surface area contributed by atoms with Gasteiger partial charge in [-0.15, -0.1) is 0 Å². The molecule has 0 heterocycles. The SMILES string of the molecule is O=C(OC(=O)c1ccccc1)c1ccccc1.P. The summed E-state index contributed by atoms with van der Waals surface area (Å²) in [5, 5.41) is 0. The van der Waals surface area contributed by atoms with Gasteiger partial charge in [-0.2, -0.15) is 9.90 Å². The van der Waals surface area contributed by atoms with Crippen molar-refractivity contribution in [1.29, 1.82) is 0 Å². The smallest absolute Gasteiger partial charge is 0.346 e. The van der Waals surface area contributed by atoms with Crippen molar-refractivity contribution in [2.45, 2.75) is 0 Å². The Morgan fingerprint density at radius 3 is 1.33 bits per heavy atom. The summed E-state index contributed by atoms with van der Waals surface area (Å²) in [5.74, 6) is -1.28. The van der Waals surface area contributed by atoms with Gasteiger partial charge in [-0.1, -0.05) is 36.4 Å². The van der Waals surface area contributed by atoms with Crippen molar-refractivity contribution < 1.29 is 14.3 Å². The maximum atomic E-state index is 11.6. The molecule has 1 atom stereocenters. The van der Waals surface area contributed by atoms with E-state index in [1.807, 2.05) is 0 Å². The largest absolute Gasteiger partial charge is 0.386 e. The van der Waals surface area contributed by atoms with Gasteiger partial charge < -0.3 is 4.74 Å². The van der Waals surface area contributed by atoms with E-state index >= 15 is 0 Å². The second-order valence-corrected chi connectivity index (χ2v) is 3.41. The van der Waals surface area contributed by atoms with Crippen LogP contribution >= 0.6 is 9.90 Å². The van der Waals surface area contributed by atoms with Gasteiger partial charge in [0, 0.05) is 0 Å². The summed E-state index contributed by atoms with van der Waals surface area (Å²) in [7, 11) is 0. The molecule has 3 nitrogen and oxygen atoms in total. The Labute approximate surface area is 108 Å². The van der Waals surface area contributed by atoms with Gasteiger partial charge in [0.2, 0.25) is 0 Å². The molecule has 0 bridgehead atoms. The van der Waals surface area contributed by atoms with E-state index in [1.165, 1.54) is 0 Å². The van der Waals surface area contributed by atoms with Crippen LogP contribution < -0.4 is 0 Å². The molecule has 0 N–H and O–H groups in total. The van der Waals surface area contributed by atoms with Crippen molar-refractivity contribution in [3.8, 4) is 0 Å². The van der Waals surface area contributed by atoms with Gasteiger partial charge >= 0.3 is 11.9 Å². The monoisotopic (exact) mass is 260 g/mol. The topological polar surface area (TPSA) is 43.4 Å². The molecule has 0 spiro atoms. The Morgan fingerprint density at radius 1 is 0.667 bits per heavy atom. The fourth-order valence-corrected chi connectivity index (χ4v) is 1.35. The number of carbonyl (C=O) groups excluding carboxylic acids is 2. The predicted octanol–water partition coefficient (Wildman–Crippen LogP) is 2.74. The molecular formula is C14H13O3P. The lowest BCUT2D eigenvalue weighted by Crippen LogP contribution is -2.12. The van der Waals surface area contributed by atoms with Gasteiger partial charge in [0.25, 0.3) is 0 Å². The van der Waals surface area contributed by atoms with Crippen LogP contribution in [-0.4, -0.2) is 11.9 Å². The molecule has 2 aromatic rings. The van der Waals surface area contributed by atoms with Crippen LogP contribution in [0.15, 0.2) is 60.7 Å². The number of benzene rings is 2. The van der Waals surface area contributed by atoms with Crippen LogP contribution in [0.1, 0.15) is 20.7 Å². The first-order valence-electron chi connectivity index (χ1n) is 5.14. The number of carbonyl (C=O) groups is 2. The second-order valence-electron chi connectivity index (χ2n) is 3.41. The Hall–Kier alpha value is -1.99. The number of hydrogen-bond donors (Lipinski definition) is 0. The third-order valence-electron chi connectivity index (χ3n) is 2.20. The third-order valence-corrected chi connectivity index (χ3v) is 2.20. The molecule has 0 aliphatic rings. The van der Waals surface area contributed by atoms with Crippen LogP contribution in [0, 0.1) is 0 Å². The van der Waals surface area contributed by atoms with E-state index in [-0.39, 0.29) is 9.90 Å². The number of ether oxygens (including phenoxy) is 1. The van der Waals surface area contributed by atoms with E-state index in [0.717, 1.165) is 0 Å². The van der Waals surface area contributed by atoms with Crippen LogP contribution in [0.4, 0.5) is 0 Å². The lowest BCUT2D eigenvalue weighted by Gasteiger charge is -2.02. The van der Waals surface area contributed by atoms with Crippen LogP contribution in [0.5, 0.6) is 0 Å². The highest BCUT2D eigenvalue weighted by Crippen LogP contribution is 2.05. The summed E-state index contributed by atoms with van der Waals surface area (Å²) in [6.45, 7) is 0. The van der Waals surface area contributed by atoms with Gasteiger partial charge in [-0.05, 0) is 24.3 Å². The number of hydrogen-bond acceptors (Lipinski definition) is 3. The van der Waals surface area contributed by atoms with Crippen molar-refractivity contribution >= 4 is 21.8 Å². The Balaban J connectivity index is 0.00000162. The molecule has 0 saturated heterocycles. The molecule has 18 heavy (non-hydrogen) atoms. The molecule has 0 amide bonds. The summed E-state index contributed by atoms with van der Waals surface area (Å²) in [5.41, 5.74) is 0.716. The molecule has 2 aromatic carbocycles. The average Bonchev–Trinajstić information content (AvgIpc) is 2.40. The summed E-state index contributed by atoms with van der Waals surface area (Å²) >= 11 is 0. The molecule has 0 radical (unpaired) electrons. The molecule has 4 heteroatoms. The molecular weight excluding hydrogens is 247 g/mol. The van der Waals surface area contributed by atoms with Crippen LogP contribution in [0.25, 0.3) is 0 Å². The minimum atomic E-state index is -0.639. The zero-order valence-corrected chi connectivity index (χ0v) is 11.1. The van der Waals surface area contributed by atoms with E-state index in [9.17, 15) is 9.59 Å². The lowest BCUT2D eigenvalue weighted by atomic mass is 10.2. The molecule has 0 aromatic heterocycles. The average molecular weight is 260 g/mol. The van der Waals surface area contributed by atoms with Crippen LogP contribution in [-0.2, 0) is 4.74 Å². The van der Waals surface area contributed by atoms with E-state index in [1.54, 1.807) is 60.7 Å². The van der Waals surface area contributed by atoms with Gasteiger partial charge in [-0.25, -0.2) is 9.59 Å². The molecule has 0 aliphatic carbocycles. The maximum absolute atomic E-state index is 11.6. The van der Waals surface area contributed by atoms with E-state index < -0.39 is 11.9 Å². The molecule has 0 fully saturated rings. The zero-order valence-electron chi connectivity index (χ0n) is 9.71. The normalized spacial score (nSPS) is 9.11. The predicted molar refractivity (Wildman–Crippen MR) is 73.7 cm³/mol. The first-order chi connectivity index (χ1) is 8.27. The van der Waals surface area contributed by atoms with Crippen molar-refractivity contribution in [3.05, 3.63) is 71.8 Å². The van der Waals surface area contributed by atoms with Gasteiger partial charge in [-0.3, -0.25) is 0 Å². The summed E-state index contributed by atoms with van der Waals surface area (Å²) in [4.78, 5) is 23.2. The van der Waals surface area contributed by atoms with Crippen molar-refractivity contribution in [1.82, 2.24) is 0 Å². The fraction of sp³-hybridized carbons (Fsp3) is 0. The minimum absolute atomic E-state index is 0. The fourth-order valence-electron chi connectivity index (χ4n) is 1.35. The van der Waals surface area contributed by atoms with E-state index in [2.05, 4.69) is 0 Å². The zero-order chi connectivity index (χ0) is 12.1. The first-order valence-corrected chi connectivity index (χ1v) is 5.14. The first kappa shape index (κ1) is 14.1.